The minimum Gasteiger partial charge on any atom is -0.465 e. The molecular formula is C7H19NO3Si. The minimum atomic E-state index is -1.67. The van der Waals surface area contributed by atoms with Crippen LogP contribution in [0.5, 0.6) is 0 Å². The van der Waals surface area contributed by atoms with Crippen molar-refractivity contribution in [3.05, 3.63) is 0 Å². The van der Waals surface area contributed by atoms with Crippen molar-refractivity contribution in [3.8, 4) is 0 Å². The van der Waals surface area contributed by atoms with Gasteiger partial charge in [0.2, 0.25) is 0 Å². The molecule has 0 aliphatic carbocycles. The first-order chi connectivity index (χ1) is 5.41. The second kappa shape index (κ2) is 7.12. The molecule has 0 aromatic carbocycles. The molecule has 0 bridgehead atoms. The molecule has 0 aliphatic rings. The Labute approximate surface area is 74.5 Å². The van der Waals surface area contributed by atoms with Crippen molar-refractivity contribution in [1.82, 2.24) is 0 Å². The van der Waals surface area contributed by atoms with Gasteiger partial charge in [0.05, 0.1) is 0 Å². The highest BCUT2D eigenvalue weighted by Crippen LogP contribution is 2.14. The summed E-state index contributed by atoms with van der Waals surface area (Å²) in [6, 6.07) is 3.04. The number of primary amides is 1. The Hall–Kier alpha value is -0.553. The molecule has 0 spiro atoms. The van der Waals surface area contributed by atoms with Gasteiger partial charge in [0.1, 0.15) is 0 Å². The first-order valence-corrected chi connectivity index (χ1v) is 6.69. The van der Waals surface area contributed by atoms with E-state index in [0.717, 1.165) is 18.1 Å². The predicted molar refractivity (Wildman–Crippen MR) is 51.6 cm³/mol. The monoisotopic (exact) mass is 193 g/mol. The van der Waals surface area contributed by atoms with Crippen LogP contribution in [-0.2, 0) is 0 Å². The van der Waals surface area contributed by atoms with Crippen molar-refractivity contribution in [2.45, 2.75) is 38.9 Å². The fraction of sp³-hybridized carbons (Fsp3) is 0.857. The van der Waals surface area contributed by atoms with Crippen molar-refractivity contribution >= 4 is 14.4 Å². The number of rotatable bonds is 3. The van der Waals surface area contributed by atoms with Crippen LogP contribution in [-0.4, -0.2) is 24.3 Å². The SMILES string of the molecule is CC[Si](O)(CC)CC.NC(=O)O. The summed E-state index contributed by atoms with van der Waals surface area (Å²) >= 11 is 0. The molecule has 12 heavy (non-hydrogen) atoms. The number of hydrogen-bond acceptors (Lipinski definition) is 2. The smallest absolute Gasteiger partial charge is 0.402 e. The molecule has 0 unspecified atom stereocenters. The summed E-state index contributed by atoms with van der Waals surface area (Å²) in [4.78, 5) is 18.4. The normalized spacial score (nSPS) is 10.0. The molecule has 0 fully saturated rings. The summed E-state index contributed by atoms with van der Waals surface area (Å²) in [5.74, 6) is 0. The summed E-state index contributed by atoms with van der Waals surface area (Å²) in [5, 5.41) is 7.19. The number of carbonyl (C=O) groups is 1. The maximum absolute atomic E-state index is 9.58. The van der Waals surface area contributed by atoms with E-state index in [4.69, 9.17) is 9.90 Å². The zero-order chi connectivity index (χ0) is 10.2. The highest BCUT2D eigenvalue weighted by atomic mass is 28.4. The molecule has 74 valence electrons. The van der Waals surface area contributed by atoms with Gasteiger partial charge in [0.15, 0.2) is 8.32 Å². The van der Waals surface area contributed by atoms with Crippen LogP contribution in [0.1, 0.15) is 20.8 Å². The minimum absolute atomic E-state index is 1.01. The largest absolute Gasteiger partial charge is 0.465 e. The molecule has 0 saturated heterocycles. The Morgan fingerprint density at radius 2 is 1.42 bits per heavy atom. The standard InChI is InChI=1S/C6H16OSi.CH3NO2/c1-4-8(7,5-2)6-3;2-1(3)4/h7H,4-6H2,1-3H3;2H2,(H,3,4). The van der Waals surface area contributed by atoms with Crippen LogP contribution in [0.2, 0.25) is 18.1 Å². The fourth-order valence-corrected chi connectivity index (χ4v) is 2.25. The first-order valence-electron chi connectivity index (χ1n) is 4.12. The maximum Gasteiger partial charge on any atom is 0.402 e. The summed E-state index contributed by atoms with van der Waals surface area (Å²) < 4.78 is 0. The van der Waals surface area contributed by atoms with E-state index < -0.39 is 14.4 Å². The lowest BCUT2D eigenvalue weighted by atomic mass is 10.9. The van der Waals surface area contributed by atoms with E-state index in [2.05, 4.69) is 26.5 Å². The van der Waals surface area contributed by atoms with E-state index in [1.54, 1.807) is 0 Å². The molecule has 0 aromatic heterocycles. The predicted octanol–water partition coefficient (Wildman–Crippen LogP) is 1.61. The van der Waals surface area contributed by atoms with Crippen LogP contribution in [0.3, 0.4) is 0 Å². The average Bonchev–Trinajstić information content (AvgIpc) is 2.02. The van der Waals surface area contributed by atoms with Gasteiger partial charge in [-0.3, -0.25) is 0 Å². The quantitative estimate of drug-likeness (QED) is 0.595. The third-order valence-corrected chi connectivity index (χ3v) is 5.92. The second-order valence-corrected chi connectivity index (χ2v) is 7.19. The third-order valence-electron chi connectivity index (χ3n) is 1.97. The van der Waals surface area contributed by atoms with Gasteiger partial charge in [-0.1, -0.05) is 20.8 Å². The topological polar surface area (TPSA) is 83.5 Å². The van der Waals surface area contributed by atoms with Gasteiger partial charge < -0.3 is 15.6 Å². The average molecular weight is 193 g/mol. The second-order valence-electron chi connectivity index (χ2n) is 2.62. The van der Waals surface area contributed by atoms with Crippen LogP contribution in [0.15, 0.2) is 0 Å². The number of amides is 1. The van der Waals surface area contributed by atoms with Crippen molar-refractivity contribution in [1.29, 1.82) is 0 Å². The lowest BCUT2D eigenvalue weighted by molar-refractivity contribution is 0.205. The van der Waals surface area contributed by atoms with Crippen LogP contribution in [0.25, 0.3) is 0 Å². The highest BCUT2D eigenvalue weighted by molar-refractivity contribution is 6.72. The van der Waals surface area contributed by atoms with Crippen molar-refractivity contribution in [3.63, 3.8) is 0 Å². The van der Waals surface area contributed by atoms with Crippen molar-refractivity contribution in [2.24, 2.45) is 5.73 Å². The molecule has 0 aromatic rings. The van der Waals surface area contributed by atoms with Gasteiger partial charge in [-0.25, -0.2) is 4.79 Å². The Bertz CT molecular complexity index is 114. The maximum atomic E-state index is 9.58. The Morgan fingerprint density at radius 1 is 1.25 bits per heavy atom. The van der Waals surface area contributed by atoms with Crippen molar-refractivity contribution < 1.29 is 14.7 Å². The molecule has 4 N–H and O–H groups in total. The molecule has 0 aliphatic heterocycles. The third kappa shape index (κ3) is 9.45. The van der Waals surface area contributed by atoms with Gasteiger partial charge in [0, 0.05) is 0 Å². The molecule has 1 amide bonds. The molecular weight excluding hydrogens is 174 g/mol. The number of carboxylic acid groups (broad SMARTS) is 1. The van der Waals surface area contributed by atoms with E-state index in [-0.39, 0.29) is 0 Å². The Balaban J connectivity index is 0. The van der Waals surface area contributed by atoms with E-state index in [1.165, 1.54) is 0 Å². The lowest BCUT2D eigenvalue weighted by Gasteiger charge is -2.18. The Kier molecular flexibility index (Phi) is 8.30. The summed E-state index contributed by atoms with van der Waals surface area (Å²) in [6.07, 6.45) is -1.33. The molecule has 4 nitrogen and oxygen atoms in total. The van der Waals surface area contributed by atoms with Gasteiger partial charge in [-0.15, -0.1) is 0 Å². The van der Waals surface area contributed by atoms with Crippen LogP contribution in [0.4, 0.5) is 4.79 Å². The molecule has 0 radical (unpaired) electrons. The summed E-state index contributed by atoms with van der Waals surface area (Å²) in [5.41, 5.74) is 4.03. The zero-order valence-corrected chi connectivity index (χ0v) is 9.00. The van der Waals surface area contributed by atoms with E-state index >= 15 is 0 Å². The summed E-state index contributed by atoms with van der Waals surface area (Å²) in [7, 11) is -1.67. The van der Waals surface area contributed by atoms with Gasteiger partial charge in [-0.05, 0) is 18.1 Å². The van der Waals surface area contributed by atoms with Gasteiger partial charge in [0.25, 0.3) is 0 Å². The van der Waals surface area contributed by atoms with E-state index in [1.807, 2.05) is 0 Å². The van der Waals surface area contributed by atoms with Crippen molar-refractivity contribution in [2.75, 3.05) is 0 Å². The fourth-order valence-electron chi connectivity index (χ4n) is 0.750. The lowest BCUT2D eigenvalue weighted by Crippen LogP contribution is -2.30. The molecule has 0 rings (SSSR count). The number of nitrogens with two attached hydrogens (primary N) is 1. The summed E-state index contributed by atoms with van der Waals surface area (Å²) in [6.45, 7) is 6.25. The van der Waals surface area contributed by atoms with Gasteiger partial charge >= 0.3 is 6.09 Å². The van der Waals surface area contributed by atoms with E-state index in [9.17, 15) is 4.80 Å². The molecule has 0 heterocycles. The van der Waals surface area contributed by atoms with Crippen LogP contribution < -0.4 is 5.73 Å². The molecule has 0 atom stereocenters. The van der Waals surface area contributed by atoms with Crippen LogP contribution >= 0.6 is 0 Å². The molecule has 5 heteroatoms. The van der Waals surface area contributed by atoms with Gasteiger partial charge in [-0.2, -0.15) is 0 Å². The Morgan fingerprint density at radius 3 is 1.42 bits per heavy atom. The molecule has 0 saturated carbocycles. The first kappa shape index (κ1) is 14.0. The van der Waals surface area contributed by atoms with Crippen LogP contribution in [0, 0.1) is 0 Å². The van der Waals surface area contributed by atoms with E-state index in [0.29, 0.717) is 0 Å². The highest BCUT2D eigenvalue weighted by Gasteiger charge is 2.22. The number of hydrogen-bond donors (Lipinski definition) is 3. The zero-order valence-electron chi connectivity index (χ0n) is 8.00.